The van der Waals surface area contributed by atoms with E-state index in [0.717, 1.165) is 18.5 Å². The molecule has 134 valence electrons. The number of aromatic nitrogens is 1. The molecule has 2 aromatic rings. The second-order valence-corrected chi connectivity index (χ2v) is 5.52. The number of ether oxygens (including phenoxy) is 1. The van der Waals surface area contributed by atoms with Crippen molar-refractivity contribution >= 4 is 17.7 Å². The van der Waals surface area contributed by atoms with Crippen LogP contribution >= 0.6 is 0 Å². The Morgan fingerprint density at radius 2 is 1.96 bits per heavy atom. The molecule has 0 radical (unpaired) electrons. The monoisotopic (exact) mass is 345 g/mol. The van der Waals surface area contributed by atoms with Gasteiger partial charge in [-0.05, 0) is 30.5 Å². The molecule has 2 rings (SSSR count). The number of aryl methyl sites for hydroxylation is 1. The van der Waals surface area contributed by atoms with E-state index in [2.05, 4.69) is 22.0 Å². The van der Waals surface area contributed by atoms with Crippen molar-refractivity contribution in [1.29, 1.82) is 0 Å². The minimum absolute atomic E-state index is 0.0875. The Labute approximate surface area is 147 Å². The van der Waals surface area contributed by atoms with Crippen LogP contribution in [0, 0.1) is 0 Å². The highest BCUT2D eigenvalue weighted by Crippen LogP contribution is 2.13. The van der Waals surface area contributed by atoms with Gasteiger partial charge in [-0.1, -0.05) is 26.0 Å². The van der Waals surface area contributed by atoms with Crippen LogP contribution in [0.1, 0.15) is 42.2 Å². The van der Waals surface area contributed by atoms with Crippen molar-refractivity contribution in [3.8, 4) is 0 Å². The summed E-state index contributed by atoms with van der Waals surface area (Å²) in [7, 11) is 1.28. The first-order valence-corrected chi connectivity index (χ1v) is 8.25. The Balaban J connectivity index is 2.04. The summed E-state index contributed by atoms with van der Waals surface area (Å²) in [5.41, 5.74) is 2.02. The Morgan fingerprint density at radius 3 is 2.56 bits per heavy atom. The molecule has 0 atom stereocenters. The van der Waals surface area contributed by atoms with E-state index in [0.29, 0.717) is 6.54 Å². The van der Waals surface area contributed by atoms with Crippen molar-refractivity contribution in [2.24, 2.45) is 0 Å². The van der Waals surface area contributed by atoms with Crippen LogP contribution in [0.5, 0.6) is 0 Å². The van der Waals surface area contributed by atoms with E-state index in [1.165, 1.54) is 18.9 Å². The van der Waals surface area contributed by atoms with Crippen LogP contribution in [0.15, 0.2) is 34.9 Å². The maximum Gasteiger partial charge on any atom is 0.360 e. The third-order valence-electron chi connectivity index (χ3n) is 3.67. The number of nitrogens with zero attached hydrogens (tertiary/aromatic N) is 2. The van der Waals surface area contributed by atoms with E-state index >= 15 is 0 Å². The highest BCUT2D eigenvalue weighted by atomic mass is 16.5. The minimum Gasteiger partial charge on any atom is -0.464 e. The number of hydrogen-bond acceptors (Lipinski definition) is 5. The second kappa shape index (κ2) is 8.86. The van der Waals surface area contributed by atoms with Gasteiger partial charge >= 0.3 is 12.0 Å². The van der Waals surface area contributed by atoms with Gasteiger partial charge in [0.05, 0.1) is 13.7 Å². The summed E-state index contributed by atoms with van der Waals surface area (Å²) in [6.07, 6.45) is 2.96. The van der Waals surface area contributed by atoms with E-state index in [1.54, 1.807) is 4.90 Å². The number of anilines is 1. The van der Waals surface area contributed by atoms with Crippen molar-refractivity contribution in [3.63, 3.8) is 0 Å². The second-order valence-electron chi connectivity index (χ2n) is 5.52. The Morgan fingerprint density at radius 1 is 1.24 bits per heavy atom. The van der Waals surface area contributed by atoms with Gasteiger partial charge in [-0.3, -0.25) is 0 Å². The Kier molecular flexibility index (Phi) is 6.56. The summed E-state index contributed by atoms with van der Waals surface area (Å²) in [4.78, 5) is 29.6. The standard InChI is InChI=1S/C18H23N3O4/c1-4-10-21(11-16-20-15(12-25-16)17(22)24-3)18(23)19-14-8-6-13(5-2)7-9-14/h6-9,12H,4-5,10-11H2,1-3H3,(H,19,23). The molecule has 2 amide bonds. The van der Waals surface area contributed by atoms with E-state index < -0.39 is 5.97 Å². The Bertz CT molecular complexity index is 709. The maximum absolute atomic E-state index is 12.5. The third-order valence-corrected chi connectivity index (χ3v) is 3.67. The summed E-state index contributed by atoms with van der Waals surface area (Å²) in [5.74, 6) is -0.289. The van der Waals surface area contributed by atoms with Crippen molar-refractivity contribution in [3.05, 3.63) is 47.7 Å². The number of carbonyl (C=O) groups excluding carboxylic acids is 2. The molecular weight excluding hydrogens is 322 g/mol. The Hall–Kier alpha value is -2.83. The quantitative estimate of drug-likeness (QED) is 0.777. The van der Waals surface area contributed by atoms with Gasteiger partial charge in [0.2, 0.25) is 5.89 Å². The zero-order valence-electron chi connectivity index (χ0n) is 14.7. The molecule has 1 N–H and O–H groups in total. The van der Waals surface area contributed by atoms with E-state index in [-0.39, 0.29) is 24.2 Å². The molecule has 7 nitrogen and oxygen atoms in total. The van der Waals surface area contributed by atoms with Gasteiger partial charge in [0.1, 0.15) is 6.26 Å². The van der Waals surface area contributed by atoms with Gasteiger partial charge in [-0.15, -0.1) is 0 Å². The summed E-state index contributed by atoms with van der Waals surface area (Å²) >= 11 is 0. The number of esters is 1. The van der Waals surface area contributed by atoms with Gasteiger partial charge in [-0.25, -0.2) is 14.6 Å². The number of hydrogen-bond donors (Lipinski definition) is 1. The van der Waals surface area contributed by atoms with Gasteiger partial charge in [0, 0.05) is 12.2 Å². The number of methoxy groups -OCH3 is 1. The molecular formula is C18H23N3O4. The normalized spacial score (nSPS) is 10.4. The molecule has 0 unspecified atom stereocenters. The fourth-order valence-electron chi connectivity index (χ4n) is 2.29. The number of urea groups is 1. The van der Waals surface area contributed by atoms with Crippen LogP contribution in [0.2, 0.25) is 0 Å². The number of benzene rings is 1. The number of oxazole rings is 1. The smallest absolute Gasteiger partial charge is 0.360 e. The zero-order valence-corrected chi connectivity index (χ0v) is 14.7. The molecule has 0 spiro atoms. The van der Waals surface area contributed by atoms with Crippen molar-refractivity contribution < 1.29 is 18.7 Å². The summed E-state index contributed by atoms with van der Waals surface area (Å²) in [6.45, 7) is 4.76. The molecule has 1 heterocycles. The summed E-state index contributed by atoms with van der Waals surface area (Å²) in [6, 6.07) is 7.47. The first-order chi connectivity index (χ1) is 12.1. The van der Waals surface area contributed by atoms with Crippen LogP contribution in [-0.4, -0.2) is 35.5 Å². The molecule has 7 heteroatoms. The molecule has 1 aromatic heterocycles. The third kappa shape index (κ3) is 5.07. The lowest BCUT2D eigenvalue weighted by molar-refractivity contribution is 0.0594. The zero-order chi connectivity index (χ0) is 18.2. The molecule has 0 aliphatic rings. The first-order valence-electron chi connectivity index (χ1n) is 8.25. The number of amides is 2. The lowest BCUT2D eigenvalue weighted by Gasteiger charge is -2.21. The fourth-order valence-corrected chi connectivity index (χ4v) is 2.29. The average molecular weight is 345 g/mol. The van der Waals surface area contributed by atoms with Gasteiger partial charge < -0.3 is 19.4 Å². The predicted octanol–water partition coefficient (Wildman–Crippen LogP) is 3.47. The molecule has 0 saturated heterocycles. The molecule has 0 saturated carbocycles. The molecule has 1 aromatic carbocycles. The van der Waals surface area contributed by atoms with Gasteiger partial charge in [-0.2, -0.15) is 0 Å². The lowest BCUT2D eigenvalue weighted by atomic mass is 10.1. The average Bonchev–Trinajstić information content (AvgIpc) is 3.10. The highest BCUT2D eigenvalue weighted by Gasteiger charge is 2.18. The molecule has 0 bridgehead atoms. The SMILES string of the molecule is CCCN(Cc1nc(C(=O)OC)co1)C(=O)Nc1ccc(CC)cc1. The largest absolute Gasteiger partial charge is 0.464 e. The lowest BCUT2D eigenvalue weighted by Crippen LogP contribution is -2.35. The molecule has 0 aliphatic carbocycles. The maximum atomic E-state index is 12.5. The summed E-state index contributed by atoms with van der Waals surface area (Å²) in [5, 5.41) is 2.87. The molecule has 25 heavy (non-hydrogen) atoms. The fraction of sp³-hybridized carbons (Fsp3) is 0.389. The molecule has 0 aliphatic heterocycles. The van der Waals surface area contributed by atoms with Crippen molar-refractivity contribution in [1.82, 2.24) is 9.88 Å². The number of carbonyl (C=O) groups is 2. The van der Waals surface area contributed by atoms with Crippen LogP contribution in [0.3, 0.4) is 0 Å². The van der Waals surface area contributed by atoms with Crippen LogP contribution < -0.4 is 5.32 Å². The van der Waals surface area contributed by atoms with E-state index in [1.807, 2.05) is 31.2 Å². The van der Waals surface area contributed by atoms with Crippen molar-refractivity contribution in [2.75, 3.05) is 19.0 Å². The van der Waals surface area contributed by atoms with Crippen LogP contribution in [-0.2, 0) is 17.7 Å². The van der Waals surface area contributed by atoms with E-state index in [4.69, 9.17) is 4.42 Å². The first kappa shape index (κ1) is 18.5. The van der Waals surface area contributed by atoms with Crippen molar-refractivity contribution in [2.45, 2.75) is 33.2 Å². The number of rotatable bonds is 7. The van der Waals surface area contributed by atoms with Gasteiger partial charge in [0.15, 0.2) is 5.69 Å². The topological polar surface area (TPSA) is 84.7 Å². The summed E-state index contributed by atoms with van der Waals surface area (Å²) < 4.78 is 9.85. The van der Waals surface area contributed by atoms with Crippen LogP contribution in [0.4, 0.5) is 10.5 Å². The van der Waals surface area contributed by atoms with Gasteiger partial charge in [0.25, 0.3) is 0 Å². The minimum atomic E-state index is -0.572. The van der Waals surface area contributed by atoms with Crippen LogP contribution in [0.25, 0.3) is 0 Å². The van der Waals surface area contributed by atoms with E-state index in [9.17, 15) is 9.59 Å². The highest BCUT2D eigenvalue weighted by molar-refractivity contribution is 5.89. The number of nitrogens with one attached hydrogen (secondary N) is 1. The molecule has 0 fully saturated rings. The predicted molar refractivity (Wildman–Crippen MR) is 93.4 cm³/mol.